The van der Waals surface area contributed by atoms with Crippen molar-refractivity contribution in [1.82, 2.24) is 15.1 Å². The van der Waals surface area contributed by atoms with Gasteiger partial charge >= 0.3 is 0 Å². The van der Waals surface area contributed by atoms with Crippen molar-refractivity contribution in [3.8, 4) is 5.75 Å². The second kappa shape index (κ2) is 8.52. The van der Waals surface area contributed by atoms with Crippen LogP contribution in [0.2, 0.25) is 0 Å². The van der Waals surface area contributed by atoms with Gasteiger partial charge in [-0.1, -0.05) is 48.5 Å². The molecule has 1 saturated heterocycles. The van der Waals surface area contributed by atoms with E-state index in [9.17, 15) is 4.79 Å². The summed E-state index contributed by atoms with van der Waals surface area (Å²) in [6.45, 7) is 2.68. The molecule has 1 atom stereocenters. The number of hydrogen-bond donors (Lipinski definition) is 0. The number of hydrogen-bond acceptors (Lipinski definition) is 5. The molecule has 6 heteroatoms. The molecule has 0 unspecified atom stereocenters. The molecule has 6 nitrogen and oxygen atoms in total. The molecule has 0 aliphatic carbocycles. The topological polar surface area (TPSA) is 58.6 Å². The molecule has 1 aliphatic rings. The Balaban J connectivity index is 1.48. The average Bonchev–Trinajstić information content (AvgIpc) is 2.79. The Labute approximate surface area is 164 Å². The van der Waals surface area contributed by atoms with Crippen molar-refractivity contribution in [2.24, 2.45) is 0 Å². The van der Waals surface area contributed by atoms with Gasteiger partial charge < -0.3 is 14.5 Å². The van der Waals surface area contributed by atoms with E-state index in [1.54, 1.807) is 6.20 Å². The molecule has 28 heavy (non-hydrogen) atoms. The number of benzene rings is 2. The van der Waals surface area contributed by atoms with Crippen molar-refractivity contribution in [3.63, 3.8) is 0 Å². The molecule has 0 radical (unpaired) electrons. The fourth-order valence-electron chi connectivity index (χ4n) is 3.31. The molecule has 3 aromatic rings. The van der Waals surface area contributed by atoms with Gasteiger partial charge in [-0.25, -0.2) is 0 Å². The molecule has 2 aromatic carbocycles. The lowest BCUT2D eigenvalue weighted by Crippen LogP contribution is -2.50. The Hall–Kier alpha value is -3.41. The largest absolute Gasteiger partial charge is 0.476 e. The summed E-state index contributed by atoms with van der Waals surface area (Å²) in [5, 5.41) is 8.10. The number of aromatic nitrogens is 2. The van der Waals surface area contributed by atoms with Gasteiger partial charge in [0.2, 0.25) is 6.10 Å². The van der Waals surface area contributed by atoms with Crippen LogP contribution in [0.4, 0.5) is 5.82 Å². The van der Waals surface area contributed by atoms with Crippen LogP contribution in [-0.4, -0.2) is 47.2 Å². The first-order valence-electron chi connectivity index (χ1n) is 9.39. The minimum Gasteiger partial charge on any atom is -0.476 e. The monoisotopic (exact) mass is 374 g/mol. The highest BCUT2D eigenvalue weighted by atomic mass is 16.5. The molecule has 1 fully saturated rings. The summed E-state index contributed by atoms with van der Waals surface area (Å²) in [5.41, 5.74) is 0.854. The summed E-state index contributed by atoms with van der Waals surface area (Å²) < 4.78 is 6.10. The van der Waals surface area contributed by atoms with Gasteiger partial charge in [0.1, 0.15) is 5.75 Å². The predicted molar refractivity (Wildman–Crippen MR) is 107 cm³/mol. The van der Waals surface area contributed by atoms with E-state index in [1.807, 2.05) is 77.7 Å². The Morgan fingerprint density at radius 1 is 0.857 bits per heavy atom. The smallest absolute Gasteiger partial charge is 0.268 e. The number of carbonyl (C=O) groups is 1. The number of para-hydroxylation sites is 1. The van der Waals surface area contributed by atoms with Crippen molar-refractivity contribution < 1.29 is 9.53 Å². The van der Waals surface area contributed by atoms with Crippen molar-refractivity contribution in [2.45, 2.75) is 6.10 Å². The van der Waals surface area contributed by atoms with E-state index >= 15 is 0 Å². The van der Waals surface area contributed by atoms with Gasteiger partial charge in [-0.15, -0.1) is 5.10 Å². The van der Waals surface area contributed by atoms with Gasteiger partial charge in [-0.05, 0) is 24.3 Å². The van der Waals surface area contributed by atoms with Crippen molar-refractivity contribution in [2.75, 3.05) is 31.1 Å². The van der Waals surface area contributed by atoms with E-state index in [2.05, 4.69) is 15.1 Å². The maximum Gasteiger partial charge on any atom is 0.268 e. The van der Waals surface area contributed by atoms with Crippen LogP contribution in [0, 0.1) is 0 Å². The van der Waals surface area contributed by atoms with Gasteiger partial charge in [0, 0.05) is 37.9 Å². The number of nitrogens with zero attached hydrogens (tertiary/aromatic N) is 4. The van der Waals surface area contributed by atoms with Crippen LogP contribution >= 0.6 is 0 Å². The summed E-state index contributed by atoms with van der Waals surface area (Å²) in [4.78, 5) is 17.3. The molecular formula is C22H22N4O2. The highest BCUT2D eigenvalue weighted by molar-refractivity contribution is 5.83. The third-order valence-corrected chi connectivity index (χ3v) is 4.80. The first kappa shape index (κ1) is 18.0. The first-order chi connectivity index (χ1) is 13.8. The molecule has 0 bridgehead atoms. The SMILES string of the molecule is O=C([C@@H](Oc1ccccc1)c1ccccc1)N1CCN(c2cccnn2)CC1. The Morgan fingerprint density at radius 2 is 1.54 bits per heavy atom. The standard InChI is InChI=1S/C22H22N4O2/c27-22(26-16-14-25(15-17-26)20-12-7-13-23-24-20)21(18-8-3-1-4-9-18)28-19-10-5-2-6-11-19/h1-13,21H,14-17H2/t21-/m0/s1. The number of carbonyl (C=O) groups excluding carboxylic acids is 1. The first-order valence-corrected chi connectivity index (χ1v) is 9.39. The van der Waals surface area contributed by atoms with Crippen LogP contribution in [0.15, 0.2) is 79.0 Å². The van der Waals surface area contributed by atoms with Gasteiger partial charge in [-0.2, -0.15) is 5.10 Å². The minimum atomic E-state index is -0.660. The molecular weight excluding hydrogens is 352 g/mol. The molecule has 1 amide bonds. The van der Waals surface area contributed by atoms with Crippen LogP contribution in [0.1, 0.15) is 11.7 Å². The number of anilines is 1. The minimum absolute atomic E-state index is 0.0196. The van der Waals surface area contributed by atoms with Crippen LogP contribution < -0.4 is 9.64 Å². The summed E-state index contributed by atoms with van der Waals surface area (Å²) >= 11 is 0. The zero-order valence-electron chi connectivity index (χ0n) is 15.5. The quantitative estimate of drug-likeness (QED) is 0.687. The number of amides is 1. The van der Waals surface area contributed by atoms with Gasteiger partial charge in [-0.3, -0.25) is 4.79 Å². The van der Waals surface area contributed by atoms with Gasteiger partial charge in [0.25, 0.3) is 5.91 Å². The molecule has 0 spiro atoms. The zero-order valence-corrected chi connectivity index (χ0v) is 15.5. The maximum atomic E-state index is 13.3. The third-order valence-electron chi connectivity index (χ3n) is 4.80. The predicted octanol–water partition coefficient (Wildman–Crippen LogP) is 2.95. The Morgan fingerprint density at radius 3 is 2.18 bits per heavy atom. The van der Waals surface area contributed by atoms with Crippen molar-refractivity contribution in [1.29, 1.82) is 0 Å². The molecule has 4 rings (SSSR count). The Bertz CT molecular complexity index is 882. The maximum absolute atomic E-state index is 13.3. The summed E-state index contributed by atoms with van der Waals surface area (Å²) in [5.74, 6) is 1.51. The highest BCUT2D eigenvalue weighted by Crippen LogP contribution is 2.25. The lowest BCUT2D eigenvalue weighted by molar-refractivity contribution is -0.139. The summed E-state index contributed by atoms with van der Waals surface area (Å²) in [6, 6.07) is 22.9. The second-order valence-corrected chi connectivity index (χ2v) is 6.62. The highest BCUT2D eigenvalue weighted by Gasteiger charge is 2.30. The molecule has 1 aliphatic heterocycles. The van der Waals surface area contributed by atoms with E-state index in [0.717, 1.165) is 24.5 Å². The molecule has 142 valence electrons. The van der Waals surface area contributed by atoms with E-state index in [4.69, 9.17) is 4.74 Å². The number of piperazine rings is 1. The van der Waals surface area contributed by atoms with Gasteiger partial charge in [0.15, 0.2) is 5.82 Å². The summed E-state index contributed by atoms with van der Waals surface area (Å²) in [6.07, 6.45) is 1.00. The zero-order chi connectivity index (χ0) is 19.2. The fourth-order valence-corrected chi connectivity index (χ4v) is 3.31. The Kier molecular flexibility index (Phi) is 5.47. The number of rotatable bonds is 5. The molecule has 1 aromatic heterocycles. The second-order valence-electron chi connectivity index (χ2n) is 6.62. The van der Waals surface area contributed by atoms with Crippen molar-refractivity contribution in [3.05, 3.63) is 84.6 Å². The van der Waals surface area contributed by atoms with E-state index in [1.165, 1.54) is 0 Å². The van der Waals surface area contributed by atoms with Crippen LogP contribution in [-0.2, 0) is 4.79 Å². The van der Waals surface area contributed by atoms with Crippen LogP contribution in [0.5, 0.6) is 5.75 Å². The molecule has 0 saturated carbocycles. The lowest BCUT2D eigenvalue weighted by Gasteiger charge is -2.36. The summed E-state index contributed by atoms with van der Waals surface area (Å²) in [7, 11) is 0. The van der Waals surface area contributed by atoms with Crippen LogP contribution in [0.25, 0.3) is 0 Å². The van der Waals surface area contributed by atoms with E-state index in [-0.39, 0.29) is 5.91 Å². The molecule has 0 N–H and O–H groups in total. The average molecular weight is 374 g/mol. The van der Waals surface area contributed by atoms with Crippen molar-refractivity contribution >= 4 is 11.7 Å². The van der Waals surface area contributed by atoms with E-state index in [0.29, 0.717) is 18.8 Å². The lowest BCUT2D eigenvalue weighted by atomic mass is 10.1. The molecule has 2 heterocycles. The van der Waals surface area contributed by atoms with E-state index < -0.39 is 6.10 Å². The normalized spacial score (nSPS) is 15.1. The third kappa shape index (κ3) is 4.11. The van der Waals surface area contributed by atoms with Crippen LogP contribution in [0.3, 0.4) is 0 Å². The fraction of sp³-hybridized carbons (Fsp3) is 0.227. The van der Waals surface area contributed by atoms with Gasteiger partial charge in [0.05, 0.1) is 0 Å². The number of ether oxygens (including phenoxy) is 1.